The molecule has 3 nitrogen and oxygen atoms in total. The Morgan fingerprint density at radius 2 is 1.89 bits per heavy atom. The fourth-order valence-electron chi connectivity index (χ4n) is 2.92. The number of methoxy groups -OCH3 is 1. The Hall–Kier alpha value is -0.900. The predicted octanol–water partition coefficient (Wildman–Crippen LogP) is 2.32. The van der Waals surface area contributed by atoms with Crippen molar-refractivity contribution in [2.75, 3.05) is 27.4 Å². The Morgan fingerprint density at radius 1 is 1.26 bits per heavy atom. The van der Waals surface area contributed by atoms with Crippen molar-refractivity contribution in [3.63, 3.8) is 0 Å². The van der Waals surface area contributed by atoms with Crippen LogP contribution >= 0.6 is 0 Å². The van der Waals surface area contributed by atoms with Gasteiger partial charge in [-0.15, -0.1) is 0 Å². The summed E-state index contributed by atoms with van der Waals surface area (Å²) in [5, 5.41) is 3.45. The summed E-state index contributed by atoms with van der Waals surface area (Å²) < 4.78 is 11.4. The van der Waals surface area contributed by atoms with E-state index in [0.29, 0.717) is 6.04 Å². The molecule has 1 atom stereocenters. The maximum atomic E-state index is 5.89. The van der Waals surface area contributed by atoms with Crippen molar-refractivity contribution >= 4 is 0 Å². The molecule has 1 unspecified atom stereocenters. The SMILES string of the molecule is CNC(Cc1ccc(C)cc1)C1(OC)CCOCC1. The van der Waals surface area contributed by atoms with Gasteiger partial charge in [0.05, 0.1) is 5.60 Å². The highest BCUT2D eigenvalue weighted by Crippen LogP contribution is 2.30. The number of nitrogens with one attached hydrogen (secondary N) is 1. The van der Waals surface area contributed by atoms with E-state index in [2.05, 4.69) is 36.5 Å². The molecule has 0 saturated carbocycles. The summed E-state index contributed by atoms with van der Waals surface area (Å²) >= 11 is 0. The number of likely N-dealkylation sites (N-methyl/N-ethyl adjacent to an activating group) is 1. The molecule has 1 heterocycles. The van der Waals surface area contributed by atoms with Gasteiger partial charge in [-0.3, -0.25) is 0 Å². The minimum Gasteiger partial charge on any atom is -0.381 e. The molecule has 1 fully saturated rings. The Balaban J connectivity index is 2.11. The summed E-state index contributed by atoms with van der Waals surface area (Å²) in [5.41, 5.74) is 2.56. The maximum Gasteiger partial charge on any atom is 0.0877 e. The van der Waals surface area contributed by atoms with Crippen LogP contribution in [0.2, 0.25) is 0 Å². The monoisotopic (exact) mass is 263 g/mol. The maximum absolute atomic E-state index is 5.89. The largest absolute Gasteiger partial charge is 0.381 e. The topological polar surface area (TPSA) is 30.5 Å². The first-order valence-electron chi connectivity index (χ1n) is 7.06. The van der Waals surface area contributed by atoms with Crippen LogP contribution in [0.5, 0.6) is 0 Å². The molecule has 1 aliphatic rings. The minimum atomic E-state index is -0.0993. The fraction of sp³-hybridized carbons (Fsp3) is 0.625. The summed E-state index contributed by atoms with van der Waals surface area (Å²) in [6.07, 6.45) is 2.91. The number of aryl methyl sites for hydroxylation is 1. The molecule has 1 saturated heterocycles. The van der Waals surface area contributed by atoms with E-state index in [-0.39, 0.29) is 5.60 Å². The molecule has 1 aliphatic heterocycles. The van der Waals surface area contributed by atoms with E-state index in [1.807, 2.05) is 14.2 Å². The molecule has 2 rings (SSSR count). The number of ether oxygens (including phenoxy) is 2. The fourth-order valence-corrected chi connectivity index (χ4v) is 2.92. The van der Waals surface area contributed by atoms with E-state index < -0.39 is 0 Å². The van der Waals surface area contributed by atoms with Gasteiger partial charge in [-0.1, -0.05) is 29.8 Å². The number of hydrogen-bond acceptors (Lipinski definition) is 3. The molecule has 0 aliphatic carbocycles. The van der Waals surface area contributed by atoms with Crippen molar-refractivity contribution in [2.45, 2.75) is 37.8 Å². The van der Waals surface area contributed by atoms with Crippen molar-refractivity contribution in [1.82, 2.24) is 5.32 Å². The van der Waals surface area contributed by atoms with Gasteiger partial charge in [0.25, 0.3) is 0 Å². The second-order valence-electron chi connectivity index (χ2n) is 5.41. The number of rotatable bonds is 5. The molecule has 1 aromatic carbocycles. The zero-order valence-electron chi connectivity index (χ0n) is 12.2. The molecule has 3 heteroatoms. The second-order valence-corrected chi connectivity index (χ2v) is 5.41. The third-order valence-corrected chi connectivity index (χ3v) is 4.29. The highest BCUT2D eigenvalue weighted by Gasteiger charge is 2.39. The van der Waals surface area contributed by atoms with E-state index >= 15 is 0 Å². The highest BCUT2D eigenvalue weighted by atomic mass is 16.5. The van der Waals surface area contributed by atoms with Crippen LogP contribution in [0.25, 0.3) is 0 Å². The summed E-state index contributed by atoms with van der Waals surface area (Å²) in [6, 6.07) is 9.09. The van der Waals surface area contributed by atoms with Crippen LogP contribution in [0.3, 0.4) is 0 Å². The molecule has 0 aromatic heterocycles. The summed E-state index contributed by atoms with van der Waals surface area (Å²) in [7, 11) is 3.85. The van der Waals surface area contributed by atoms with Gasteiger partial charge in [-0.2, -0.15) is 0 Å². The Bertz CT molecular complexity index is 382. The molecule has 0 bridgehead atoms. The Kier molecular flexibility index (Phi) is 4.97. The van der Waals surface area contributed by atoms with Crippen LogP contribution in [-0.2, 0) is 15.9 Å². The van der Waals surface area contributed by atoms with Gasteiger partial charge in [0, 0.05) is 39.2 Å². The van der Waals surface area contributed by atoms with Gasteiger partial charge in [0.15, 0.2) is 0 Å². The molecule has 106 valence electrons. The van der Waals surface area contributed by atoms with Gasteiger partial charge in [0.1, 0.15) is 0 Å². The molecule has 1 N–H and O–H groups in total. The normalized spacial score (nSPS) is 20.2. The van der Waals surface area contributed by atoms with E-state index in [1.54, 1.807) is 0 Å². The third kappa shape index (κ3) is 3.35. The summed E-state index contributed by atoms with van der Waals surface area (Å²) in [4.78, 5) is 0. The average molecular weight is 263 g/mol. The molecule has 1 aromatic rings. The van der Waals surface area contributed by atoms with Crippen LogP contribution in [0.15, 0.2) is 24.3 Å². The van der Waals surface area contributed by atoms with Crippen molar-refractivity contribution in [3.8, 4) is 0 Å². The molecule has 0 radical (unpaired) electrons. The van der Waals surface area contributed by atoms with E-state index in [4.69, 9.17) is 9.47 Å². The minimum absolute atomic E-state index is 0.0993. The lowest BCUT2D eigenvalue weighted by Crippen LogP contribution is -2.55. The van der Waals surface area contributed by atoms with Gasteiger partial charge < -0.3 is 14.8 Å². The molecule has 0 spiro atoms. The Morgan fingerprint density at radius 3 is 2.42 bits per heavy atom. The van der Waals surface area contributed by atoms with E-state index in [9.17, 15) is 0 Å². The lowest BCUT2D eigenvalue weighted by atomic mass is 9.82. The first-order chi connectivity index (χ1) is 9.20. The average Bonchev–Trinajstić information content (AvgIpc) is 2.47. The highest BCUT2D eigenvalue weighted by molar-refractivity contribution is 5.23. The number of benzene rings is 1. The van der Waals surface area contributed by atoms with Crippen molar-refractivity contribution < 1.29 is 9.47 Å². The van der Waals surface area contributed by atoms with Gasteiger partial charge >= 0.3 is 0 Å². The molecular formula is C16H25NO2. The van der Waals surface area contributed by atoms with Crippen LogP contribution in [-0.4, -0.2) is 39.0 Å². The summed E-state index contributed by atoms with van der Waals surface area (Å²) in [5.74, 6) is 0. The van der Waals surface area contributed by atoms with Crippen molar-refractivity contribution in [1.29, 1.82) is 0 Å². The van der Waals surface area contributed by atoms with Crippen LogP contribution in [0.4, 0.5) is 0 Å². The third-order valence-electron chi connectivity index (χ3n) is 4.29. The van der Waals surface area contributed by atoms with Gasteiger partial charge in [-0.25, -0.2) is 0 Å². The van der Waals surface area contributed by atoms with Crippen molar-refractivity contribution in [3.05, 3.63) is 35.4 Å². The Labute approximate surface area is 116 Å². The zero-order valence-corrected chi connectivity index (χ0v) is 12.2. The van der Waals surface area contributed by atoms with Gasteiger partial charge in [-0.05, 0) is 26.0 Å². The first-order valence-corrected chi connectivity index (χ1v) is 7.06. The smallest absolute Gasteiger partial charge is 0.0877 e. The lowest BCUT2D eigenvalue weighted by Gasteiger charge is -2.42. The quantitative estimate of drug-likeness (QED) is 0.884. The standard InChI is InChI=1S/C16H25NO2/c1-13-4-6-14(7-5-13)12-15(17-2)16(18-3)8-10-19-11-9-16/h4-7,15,17H,8-12H2,1-3H3. The van der Waals surface area contributed by atoms with Crippen LogP contribution < -0.4 is 5.32 Å². The van der Waals surface area contributed by atoms with E-state index in [1.165, 1.54) is 11.1 Å². The predicted molar refractivity (Wildman–Crippen MR) is 77.5 cm³/mol. The van der Waals surface area contributed by atoms with Gasteiger partial charge in [0.2, 0.25) is 0 Å². The lowest BCUT2D eigenvalue weighted by molar-refractivity contribution is -0.109. The zero-order chi connectivity index (χ0) is 13.7. The number of hydrogen-bond donors (Lipinski definition) is 1. The molecule has 19 heavy (non-hydrogen) atoms. The van der Waals surface area contributed by atoms with Crippen LogP contribution in [0, 0.1) is 6.92 Å². The molecule has 0 amide bonds. The van der Waals surface area contributed by atoms with Crippen molar-refractivity contribution in [2.24, 2.45) is 0 Å². The molecular weight excluding hydrogens is 238 g/mol. The second kappa shape index (κ2) is 6.51. The van der Waals surface area contributed by atoms with E-state index in [0.717, 1.165) is 32.5 Å². The first kappa shape index (κ1) is 14.5. The van der Waals surface area contributed by atoms with Crippen LogP contribution in [0.1, 0.15) is 24.0 Å². The summed E-state index contributed by atoms with van der Waals surface area (Å²) in [6.45, 7) is 3.70.